The summed E-state index contributed by atoms with van der Waals surface area (Å²) in [6.45, 7) is 5.25. The zero-order valence-corrected chi connectivity index (χ0v) is 13.8. The zero-order valence-electron chi connectivity index (χ0n) is 12.1. The summed E-state index contributed by atoms with van der Waals surface area (Å²) in [6, 6.07) is 8.86. The summed E-state index contributed by atoms with van der Waals surface area (Å²) in [5.74, 6) is 2.19. The van der Waals surface area contributed by atoms with Gasteiger partial charge in [-0.1, -0.05) is 26.0 Å². The van der Waals surface area contributed by atoms with Gasteiger partial charge in [-0.25, -0.2) is 8.42 Å². The predicted molar refractivity (Wildman–Crippen MR) is 86.3 cm³/mol. The number of hydrogen-bond donors (Lipinski definition) is 1. The predicted octanol–water partition coefficient (Wildman–Crippen LogP) is 2.68. The maximum Gasteiger partial charge on any atom is 0.151 e. The number of nitrogens with one attached hydrogen (secondary N) is 1. The SMILES string of the molecule is CC(C)c1ccc(SCCNC2CCS(=O)(=O)C2)cc1. The van der Waals surface area contributed by atoms with Crippen molar-refractivity contribution in [3.63, 3.8) is 0 Å². The first-order valence-corrected chi connectivity index (χ1v) is 9.93. The second-order valence-corrected chi connectivity index (χ2v) is 9.02. The van der Waals surface area contributed by atoms with Crippen LogP contribution in [0, 0.1) is 0 Å². The smallest absolute Gasteiger partial charge is 0.151 e. The van der Waals surface area contributed by atoms with Crippen LogP contribution >= 0.6 is 11.8 Å². The minimum atomic E-state index is -2.77. The minimum Gasteiger partial charge on any atom is -0.312 e. The van der Waals surface area contributed by atoms with Crippen LogP contribution in [0.5, 0.6) is 0 Å². The summed E-state index contributed by atoms with van der Waals surface area (Å²) in [7, 11) is -2.77. The van der Waals surface area contributed by atoms with Gasteiger partial charge in [-0.15, -0.1) is 11.8 Å². The molecule has 112 valence electrons. The third-order valence-corrected chi connectivity index (χ3v) is 6.36. The Labute approximate surface area is 126 Å². The van der Waals surface area contributed by atoms with Gasteiger partial charge in [0.25, 0.3) is 0 Å². The highest BCUT2D eigenvalue weighted by Gasteiger charge is 2.26. The van der Waals surface area contributed by atoms with E-state index >= 15 is 0 Å². The highest BCUT2D eigenvalue weighted by molar-refractivity contribution is 7.99. The van der Waals surface area contributed by atoms with Crippen LogP contribution < -0.4 is 5.32 Å². The molecule has 0 aliphatic carbocycles. The highest BCUT2D eigenvalue weighted by Crippen LogP contribution is 2.21. The van der Waals surface area contributed by atoms with Crippen molar-refractivity contribution < 1.29 is 8.42 Å². The largest absolute Gasteiger partial charge is 0.312 e. The maximum atomic E-state index is 11.3. The second-order valence-electron chi connectivity index (χ2n) is 5.63. The first-order chi connectivity index (χ1) is 9.46. The Morgan fingerprint density at radius 1 is 1.30 bits per heavy atom. The van der Waals surface area contributed by atoms with Gasteiger partial charge in [-0.05, 0) is 30.0 Å². The van der Waals surface area contributed by atoms with Crippen LogP contribution in [-0.2, 0) is 9.84 Å². The molecule has 1 aromatic rings. The van der Waals surface area contributed by atoms with Crippen LogP contribution in [0.3, 0.4) is 0 Å². The minimum absolute atomic E-state index is 0.156. The van der Waals surface area contributed by atoms with Crippen LogP contribution in [0.25, 0.3) is 0 Å². The Morgan fingerprint density at radius 3 is 2.55 bits per heavy atom. The molecule has 0 radical (unpaired) electrons. The molecular formula is C15H23NO2S2. The summed E-state index contributed by atoms with van der Waals surface area (Å²) in [5.41, 5.74) is 1.36. The van der Waals surface area contributed by atoms with E-state index in [-0.39, 0.29) is 6.04 Å². The molecule has 3 nitrogen and oxygen atoms in total. The van der Waals surface area contributed by atoms with Crippen molar-refractivity contribution in [2.24, 2.45) is 0 Å². The van der Waals surface area contributed by atoms with Gasteiger partial charge in [0.2, 0.25) is 0 Å². The molecule has 1 aliphatic rings. The molecule has 2 rings (SSSR count). The van der Waals surface area contributed by atoms with Crippen molar-refractivity contribution in [1.82, 2.24) is 5.32 Å². The lowest BCUT2D eigenvalue weighted by Gasteiger charge is -2.10. The molecule has 1 aliphatic heterocycles. The molecule has 20 heavy (non-hydrogen) atoms. The summed E-state index contributed by atoms with van der Waals surface area (Å²) in [4.78, 5) is 1.27. The molecule has 0 aromatic heterocycles. The first-order valence-electron chi connectivity index (χ1n) is 7.13. The van der Waals surface area contributed by atoms with Crippen molar-refractivity contribution in [2.45, 2.75) is 37.1 Å². The number of rotatable bonds is 6. The van der Waals surface area contributed by atoms with Gasteiger partial charge in [0.15, 0.2) is 9.84 Å². The van der Waals surface area contributed by atoms with Crippen molar-refractivity contribution >= 4 is 21.6 Å². The Kier molecular flexibility index (Phi) is 5.52. The molecule has 0 saturated carbocycles. The average Bonchev–Trinajstić information content (AvgIpc) is 2.75. The Balaban J connectivity index is 1.68. The first kappa shape index (κ1) is 15.9. The fraction of sp³-hybridized carbons (Fsp3) is 0.600. The number of thioether (sulfide) groups is 1. The van der Waals surface area contributed by atoms with E-state index in [0.29, 0.717) is 17.4 Å². The van der Waals surface area contributed by atoms with Crippen LogP contribution in [0.4, 0.5) is 0 Å². The monoisotopic (exact) mass is 313 g/mol. The Hall–Kier alpha value is -0.520. The van der Waals surface area contributed by atoms with E-state index in [9.17, 15) is 8.42 Å². The fourth-order valence-electron chi connectivity index (χ4n) is 2.34. The van der Waals surface area contributed by atoms with Gasteiger partial charge < -0.3 is 5.32 Å². The van der Waals surface area contributed by atoms with Crippen molar-refractivity contribution in [3.8, 4) is 0 Å². The quantitative estimate of drug-likeness (QED) is 0.648. The summed E-state index contributed by atoms with van der Waals surface area (Å²) >= 11 is 1.81. The van der Waals surface area contributed by atoms with Crippen molar-refractivity contribution in [3.05, 3.63) is 29.8 Å². The van der Waals surface area contributed by atoms with Gasteiger partial charge in [-0.2, -0.15) is 0 Å². The van der Waals surface area contributed by atoms with E-state index in [4.69, 9.17) is 0 Å². The molecule has 1 aromatic carbocycles. The molecule has 0 spiro atoms. The number of hydrogen-bond acceptors (Lipinski definition) is 4. The lowest BCUT2D eigenvalue weighted by atomic mass is 10.0. The molecule has 1 heterocycles. The molecule has 1 fully saturated rings. The lowest BCUT2D eigenvalue weighted by Crippen LogP contribution is -2.31. The van der Waals surface area contributed by atoms with Gasteiger partial charge in [-0.3, -0.25) is 0 Å². The molecule has 1 atom stereocenters. The molecule has 1 N–H and O–H groups in total. The summed E-state index contributed by atoms with van der Waals surface area (Å²) in [5, 5.41) is 3.34. The van der Waals surface area contributed by atoms with Crippen LogP contribution in [0.15, 0.2) is 29.2 Å². The van der Waals surface area contributed by atoms with Crippen LogP contribution in [0.2, 0.25) is 0 Å². The zero-order chi connectivity index (χ0) is 14.6. The summed E-state index contributed by atoms with van der Waals surface area (Å²) < 4.78 is 22.7. The summed E-state index contributed by atoms with van der Waals surface area (Å²) in [6.07, 6.45) is 0.760. The molecule has 5 heteroatoms. The van der Waals surface area contributed by atoms with E-state index in [0.717, 1.165) is 18.7 Å². The van der Waals surface area contributed by atoms with Gasteiger partial charge >= 0.3 is 0 Å². The van der Waals surface area contributed by atoms with E-state index in [1.165, 1.54) is 10.5 Å². The maximum absolute atomic E-state index is 11.3. The van der Waals surface area contributed by atoms with E-state index < -0.39 is 9.84 Å². The second kappa shape index (κ2) is 6.96. The topological polar surface area (TPSA) is 46.2 Å². The Morgan fingerprint density at radius 2 is 2.00 bits per heavy atom. The third-order valence-electron chi connectivity index (χ3n) is 3.58. The van der Waals surface area contributed by atoms with E-state index in [2.05, 4.69) is 43.4 Å². The van der Waals surface area contributed by atoms with Crippen molar-refractivity contribution in [2.75, 3.05) is 23.8 Å². The van der Waals surface area contributed by atoms with E-state index in [1.54, 1.807) is 0 Å². The number of benzene rings is 1. The standard InChI is InChI=1S/C15H23NO2S2/c1-12(2)13-3-5-15(6-4-13)19-9-8-16-14-7-10-20(17,18)11-14/h3-6,12,14,16H,7-11H2,1-2H3. The average molecular weight is 313 g/mol. The molecule has 1 saturated heterocycles. The molecule has 0 bridgehead atoms. The van der Waals surface area contributed by atoms with Gasteiger partial charge in [0, 0.05) is 23.2 Å². The molecule has 0 amide bonds. The fourth-order valence-corrected chi connectivity index (χ4v) is 4.83. The van der Waals surface area contributed by atoms with Crippen molar-refractivity contribution in [1.29, 1.82) is 0 Å². The highest BCUT2D eigenvalue weighted by atomic mass is 32.2. The molecular weight excluding hydrogens is 290 g/mol. The molecule has 1 unspecified atom stereocenters. The van der Waals surface area contributed by atoms with E-state index in [1.807, 2.05) is 11.8 Å². The third kappa shape index (κ3) is 4.79. The Bertz CT molecular complexity index is 523. The van der Waals surface area contributed by atoms with Gasteiger partial charge in [0.05, 0.1) is 11.5 Å². The van der Waals surface area contributed by atoms with Crippen LogP contribution in [-0.4, -0.2) is 38.3 Å². The normalized spacial score (nSPS) is 21.4. The lowest BCUT2D eigenvalue weighted by molar-refractivity contribution is 0.575. The van der Waals surface area contributed by atoms with Crippen LogP contribution in [0.1, 0.15) is 31.7 Å². The van der Waals surface area contributed by atoms with Gasteiger partial charge in [0.1, 0.15) is 0 Å². The number of sulfone groups is 1.